The minimum Gasteiger partial charge on any atom is -0.508 e. The highest BCUT2D eigenvalue weighted by Crippen LogP contribution is 2.44. The molecule has 96 heavy (non-hydrogen) atoms. The largest absolute Gasteiger partial charge is 0.508 e. The van der Waals surface area contributed by atoms with Crippen molar-refractivity contribution in [1.29, 1.82) is 0 Å². The third-order valence-electron chi connectivity index (χ3n) is 13.7. The Morgan fingerprint density at radius 2 is 1.10 bits per heavy atom. The number of phenols is 1. The van der Waals surface area contributed by atoms with E-state index < -0.39 is 152 Å². The molecule has 1 rings (SSSR count). The number of carbonyl (C=O) groups excluding carboxylic acids is 10. The minimum absolute atomic E-state index is 0.0373. The molecule has 0 fully saturated rings. The lowest BCUT2D eigenvalue weighted by Gasteiger charge is -2.27. The monoisotopic (exact) mass is 1390 g/mol. The lowest BCUT2D eigenvalue weighted by atomic mass is 9.97. The Kier molecular flexibility index (Phi) is 44.9. The van der Waals surface area contributed by atoms with Gasteiger partial charge in [-0.05, 0) is 42.9 Å². The van der Waals surface area contributed by atoms with Crippen molar-refractivity contribution in [3.8, 4) is 5.75 Å². The number of carboxylic acid groups (broad SMARTS) is 2. The van der Waals surface area contributed by atoms with Crippen LogP contribution in [0.2, 0.25) is 0 Å². The number of nitrogens with zero attached hydrogens (tertiary/aromatic N) is 1. The number of phenolic OH excluding ortho intramolecular Hbond substituents is 1. The number of rotatable bonds is 56. The minimum atomic E-state index is -4.01. The van der Waals surface area contributed by atoms with Crippen molar-refractivity contribution in [3.05, 3.63) is 29.8 Å². The van der Waals surface area contributed by atoms with Crippen molar-refractivity contribution in [2.75, 3.05) is 131 Å². The van der Waals surface area contributed by atoms with Crippen LogP contribution in [0.3, 0.4) is 0 Å². The standard InChI is InChI=1S/C58H98N13O24P/c1-4-37(2)51(56(85)66-34-49(78)69-45(35-72)55(84)70-42(52(59)81)6-5-15-65-58(60)61)71-54(83)43(32-39-7-10-41(74)11-8-39)68-47(76)13-19-90-23-27-94-30-26-93-22-18-64-53(82)44(67-38(3)73)33-48(77)63-17-21-92-25-29-95-28-24-91-20-16-62-46(75)14-31-96(88,89)36-40(57(86)87)9-12-50(79)80/h7-8,10-11,37,40,42-45,51,72,74H,4-6,9,12-36H2,1-3H3,(H2,59,81)(H,62,75)(H,63,77)(H,64,82)(H,66,85)(H,67,73)(H,68,76)(H,69,78)(H,70,84)(H,71,83)(H,79,80)(H,86,87)(H,88,89)(H4,60,61,65). The molecule has 1 aromatic carbocycles. The second-order valence-corrected chi connectivity index (χ2v) is 24.1. The maximum Gasteiger partial charge on any atom is 0.307 e. The number of aliphatic carboxylic acids is 2. The predicted octanol–water partition coefficient (Wildman–Crippen LogP) is -5.47. The van der Waals surface area contributed by atoms with Gasteiger partial charge < -0.3 is 119 Å². The molecule has 0 spiro atoms. The quantitative estimate of drug-likeness (QED) is 0.0125. The topological polar surface area (TPSA) is 577 Å². The highest BCUT2D eigenvalue weighted by molar-refractivity contribution is 7.58. The first-order valence-corrected chi connectivity index (χ1v) is 33.1. The average Bonchev–Trinajstić information content (AvgIpc) is 1.12. The summed E-state index contributed by atoms with van der Waals surface area (Å²) in [6, 6.07) is -0.434. The molecule has 0 aliphatic heterocycles. The lowest BCUT2D eigenvalue weighted by molar-refractivity contribution is -0.142. The molecule has 38 heteroatoms. The van der Waals surface area contributed by atoms with E-state index in [2.05, 4.69) is 52.8 Å². The van der Waals surface area contributed by atoms with Gasteiger partial charge in [-0.1, -0.05) is 32.4 Å². The SMILES string of the molecule is CCC(C)C(NC(=O)C(Cc1ccc(O)cc1)NC(=O)CCOCCOCCOCCNC(=O)C(CC(=O)NCCOCCOCCOCCNC(=O)CCP(=O)(O)CC(CCC(=O)O)C(=O)O)NC(C)=O)C(=O)NCC(=O)NC(CO)C(=O)NC(CCCN=C(N)N)C(N)=O. The van der Waals surface area contributed by atoms with Gasteiger partial charge in [0.05, 0.1) is 105 Å². The number of hydrogen-bond acceptors (Lipinski definition) is 22. The summed E-state index contributed by atoms with van der Waals surface area (Å²) in [5.41, 5.74) is 16.6. The highest BCUT2D eigenvalue weighted by Gasteiger charge is 2.33. The predicted molar refractivity (Wildman–Crippen MR) is 341 cm³/mol. The summed E-state index contributed by atoms with van der Waals surface area (Å²) in [5, 5.41) is 60.2. The van der Waals surface area contributed by atoms with Crippen molar-refractivity contribution in [1.82, 2.24) is 47.9 Å². The number of benzene rings is 1. The van der Waals surface area contributed by atoms with E-state index in [1.165, 1.54) is 19.1 Å². The van der Waals surface area contributed by atoms with E-state index in [1.807, 2.05) is 0 Å². The van der Waals surface area contributed by atoms with Crippen LogP contribution in [0.25, 0.3) is 0 Å². The third kappa shape index (κ3) is 42.3. The Morgan fingerprint density at radius 1 is 0.573 bits per heavy atom. The number of primary amides is 1. The summed E-state index contributed by atoms with van der Waals surface area (Å²) < 4.78 is 45.2. The number of ether oxygens (including phenoxy) is 6. The van der Waals surface area contributed by atoms with Crippen LogP contribution >= 0.6 is 7.37 Å². The number of aliphatic imine (C=N–C) groups is 1. The molecule has 20 N–H and O–H groups in total. The molecule has 0 aromatic heterocycles. The zero-order valence-electron chi connectivity index (χ0n) is 54.5. The molecule has 0 radical (unpaired) electrons. The molecular formula is C58H98N13O24P. The molecule has 0 saturated heterocycles. The summed E-state index contributed by atoms with van der Waals surface area (Å²) in [6.07, 6.45) is -2.11. The van der Waals surface area contributed by atoms with Crippen LogP contribution in [0.1, 0.15) is 77.7 Å². The van der Waals surface area contributed by atoms with Gasteiger partial charge in [-0.2, -0.15) is 0 Å². The molecule has 8 atom stereocenters. The number of aliphatic hydroxyl groups is 1. The van der Waals surface area contributed by atoms with Gasteiger partial charge >= 0.3 is 11.9 Å². The van der Waals surface area contributed by atoms with E-state index in [0.717, 1.165) is 0 Å². The number of aromatic hydroxyl groups is 1. The maximum absolute atomic E-state index is 13.9. The number of amides is 10. The van der Waals surface area contributed by atoms with Crippen molar-refractivity contribution in [2.24, 2.45) is 34.0 Å². The van der Waals surface area contributed by atoms with Crippen LogP contribution in [0.15, 0.2) is 29.3 Å². The van der Waals surface area contributed by atoms with Gasteiger partial charge in [-0.3, -0.25) is 67.1 Å². The number of aliphatic hydroxyl groups excluding tert-OH is 1. The first kappa shape index (κ1) is 85.9. The number of carboxylic acids is 2. The van der Waals surface area contributed by atoms with Crippen molar-refractivity contribution < 1.29 is 116 Å². The fraction of sp³-hybridized carbons (Fsp3) is 0.672. The number of carbonyl (C=O) groups is 12. The fourth-order valence-electron chi connectivity index (χ4n) is 8.32. The summed E-state index contributed by atoms with van der Waals surface area (Å²) in [7, 11) is -4.01. The molecule has 0 bridgehead atoms. The molecule has 1 aromatic rings. The number of guanidine groups is 1. The molecule has 8 unspecified atom stereocenters. The van der Waals surface area contributed by atoms with Gasteiger partial charge in [-0.25, -0.2) is 0 Å². The highest BCUT2D eigenvalue weighted by atomic mass is 31.2. The third-order valence-corrected chi connectivity index (χ3v) is 15.6. The Labute approximate surface area is 555 Å². The van der Waals surface area contributed by atoms with Gasteiger partial charge in [0, 0.05) is 71.1 Å². The van der Waals surface area contributed by atoms with E-state index in [-0.39, 0.29) is 162 Å². The van der Waals surface area contributed by atoms with Crippen LogP contribution in [-0.4, -0.2) is 263 Å². The summed E-state index contributed by atoms with van der Waals surface area (Å²) in [4.78, 5) is 164. The first-order valence-electron chi connectivity index (χ1n) is 31.1. The Hall–Kier alpha value is -8.16. The van der Waals surface area contributed by atoms with Crippen molar-refractivity contribution in [3.63, 3.8) is 0 Å². The smallest absolute Gasteiger partial charge is 0.307 e. The number of hydrogen-bond donors (Lipinski definition) is 17. The number of nitrogens with one attached hydrogen (secondary N) is 9. The van der Waals surface area contributed by atoms with E-state index in [4.69, 9.17) is 50.7 Å². The Balaban J connectivity index is 2.42. The van der Waals surface area contributed by atoms with Crippen LogP contribution in [-0.2, 0) is 96.9 Å². The zero-order valence-corrected chi connectivity index (χ0v) is 55.4. The normalized spacial score (nSPS) is 13.8. The molecule has 0 heterocycles. The molecular weight excluding hydrogens is 1290 g/mol. The molecule has 544 valence electrons. The van der Waals surface area contributed by atoms with Crippen LogP contribution in [0.4, 0.5) is 0 Å². The molecule has 0 aliphatic carbocycles. The van der Waals surface area contributed by atoms with Crippen LogP contribution in [0, 0.1) is 11.8 Å². The Bertz CT molecular complexity index is 2680. The molecule has 10 amide bonds. The number of nitrogens with two attached hydrogens (primary N) is 3. The Morgan fingerprint density at radius 3 is 1.62 bits per heavy atom. The summed E-state index contributed by atoms with van der Waals surface area (Å²) in [5.74, 6) is -11.7. The van der Waals surface area contributed by atoms with Gasteiger partial charge in [-0.15, -0.1) is 0 Å². The van der Waals surface area contributed by atoms with Crippen LogP contribution in [0.5, 0.6) is 5.75 Å². The van der Waals surface area contributed by atoms with Gasteiger partial charge in [0.25, 0.3) is 0 Å². The van der Waals surface area contributed by atoms with E-state index >= 15 is 0 Å². The van der Waals surface area contributed by atoms with Crippen LogP contribution < -0.4 is 65.1 Å². The first-order chi connectivity index (χ1) is 45.6. The second kappa shape index (κ2) is 50.3. The zero-order chi connectivity index (χ0) is 71.8. The molecule has 0 aliphatic rings. The van der Waals surface area contributed by atoms with E-state index in [9.17, 15) is 82.3 Å². The summed E-state index contributed by atoms with van der Waals surface area (Å²) >= 11 is 0. The fourth-order valence-corrected chi connectivity index (χ4v) is 10.1. The molecule has 37 nitrogen and oxygen atoms in total. The maximum atomic E-state index is 13.9. The van der Waals surface area contributed by atoms with E-state index in [1.54, 1.807) is 26.0 Å². The second-order valence-electron chi connectivity index (χ2n) is 21.6. The van der Waals surface area contributed by atoms with Gasteiger partial charge in [0.2, 0.25) is 66.4 Å². The van der Waals surface area contributed by atoms with E-state index in [0.29, 0.717) is 12.0 Å². The molecule has 0 saturated carbocycles. The van der Waals surface area contributed by atoms with Crippen molar-refractivity contribution in [2.45, 2.75) is 109 Å². The van der Waals surface area contributed by atoms with Gasteiger partial charge in [0.1, 0.15) is 36.0 Å². The average molecular weight is 1390 g/mol. The van der Waals surface area contributed by atoms with Gasteiger partial charge in [0.15, 0.2) is 5.96 Å². The van der Waals surface area contributed by atoms with Crippen molar-refractivity contribution >= 4 is 84.3 Å². The summed E-state index contributed by atoms with van der Waals surface area (Å²) in [6.45, 7) is 4.90. The lowest BCUT2D eigenvalue weighted by Crippen LogP contribution is -2.58.